The van der Waals surface area contributed by atoms with Gasteiger partial charge in [-0.1, -0.05) is 26.0 Å². The second-order valence-electron chi connectivity index (χ2n) is 8.24. The third-order valence-electron chi connectivity index (χ3n) is 6.13. The Labute approximate surface area is 160 Å². The van der Waals surface area contributed by atoms with Crippen LogP contribution in [-0.2, 0) is 16.0 Å². The molecule has 0 aromatic heterocycles. The molecule has 2 amide bonds. The highest BCUT2D eigenvalue weighted by molar-refractivity contribution is 5.94. The molecule has 1 aromatic rings. The number of nitrogens with zero attached hydrogens (tertiary/aromatic N) is 2. The molecule has 1 atom stereocenters. The number of carboxylic acid groups (broad SMARTS) is 1. The Balaban J connectivity index is 1.69. The van der Waals surface area contributed by atoms with Crippen molar-refractivity contribution in [2.24, 2.45) is 11.8 Å². The molecule has 1 N–H and O–H groups in total. The zero-order valence-electron chi connectivity index (χ0n) is 16.3. The molecule has 6 nitrogen and oxygen atoms in total. The summed E-state index contributed by atoms with van der Waals surface area (Å²) in [4.78, 5) is 39.9. The van der Waals surface area contributed by atoms with Crippen LogP contribution in [-0.4, -0.2) is 58.4 Å². The first-order valence-electron chi connectivity index (χ1n) is 9.62. The number of piperidine rings is 1. The average molecular weight is 372 g/mol. The minimum absolute atomic E-state index is 0.0280. The van der Waals surface area contributed by atoms with Crippen molar-refractivity contribution in [2.75, 3.05) is 20.1 Å². The minimum Gasteiger partial charge on any atom is -0.481 e. The van der Waals surface area contributed by atoms with Crippen LogP contribution in [0.3, 0.4) is 0 Å². The summed E-state index contributed by atoms with van der Waals surface area (Å²) in [6.45, 7) is 5.26. The van der Waals surface area contributed by atoms with E-state index >= 15 is 0 Å². The van der Waals surface area contributed by atoms with Gasteiger partial charge in [-0.25, -0.2) is 0 Å². The van der Waals surface area contributed by atoms with Gasteiger partial charge >= 0.3 is 5.97 Å². The molecular formula is C21H28N2O4. The maximum atomic E-state index is 12.8. The first-order chi connectivity index (χ1) is 12.7. The molecule has 2 fully saturated rings. The number of carbonyl (C=O) groups is 3. The third-order valence-corrected chi connectivity index (χ3v) is 6.13. The molecule has 2 aliphatic heterocycles. The Morgan fingerprint density at radius 2 is 1.78 bits per heavy atom. The Bertz CT molecular complexity index is 733. The summed E-state index contributed by atoms with van der Waals surface area (Å²) in [5.74, 6) is -1.20. The Hall–Kier alpha value is -2.37. The molecule has 0 saturated carbocycles. The SMILES string of the molecule is CC(C)Cc1ccc(C(=O)N2CCC3(CC2)[C@H](C(=O)O)CC(=O)N3C)cc1. The van der Waals surface area contributed by atoms with Crippen molar-refractivity contribution in [3.05, 3.63) is 35.4 Å². The third kappa shape index (κ3) is 3.57. The van der Waals surface area contributed by atoms with Gasteiger partial charge < -0.3 is 14.9 Å². The number of hydrogen-bond acceptors (Lipinski definition) is 3. The van der Waals surface area contributed by atoms with Crippen molar-refractivity contribution < 1.29 is 19.5 Å². The van der Waals surface area contributed by atoms with Crippen LogP contribution in [0.25, 0.3) is 0 Å². The quantitative estimate of drug-likeness (QED) is 0.880. The van der Waals surface area contributed by atoms with E-state index in [0.29, 0.717) is 37.4 Å². The predicted octanol–water partition coefficient (Wildman–Crippen LogP) is 2.42. The Kier molecular flexibility index (Phi) is 5.27. The van der Waals surface area contributed by atoms with Gasteiger partial charge in [-0.3, -0.25) is 14.4 Å². The summed E-state index contributed by atoms with van der Waals surface area (Å²) >= 11 is 0. The zero-order chi connectivity index (χ0) is 19.8. The van der Waals surface area contributed by atoms with Crippen molar-refractivity contribution in [1.82, 2.24) is 9.80 Å². The van der Waals surface area contributed by atoms with Gasteiger partial charge in [0.15, 0.2) is 0 Å². The van der Waals surface area contributed by atoms with E-state index < -0.39 is 17.4 Å². The lowest BCUT2D eigenvalue weighted by atomic mass is 9.77. The van der Waals surface area contributed by atoms with E-state index in [1.54, 1.807) is 16.8 Å². The van der Waals surface area contributed by atoms with Crippen LogP contribution in [0.2, 0.25) is 0 Å². The largest absolute Gasteiger partial charge is 0.481 e. The number of carboxylic acids is 1. The number of hydrogen-bond donors (Lipinski definition) is 1. The van der Waals surface area contributed by atoms with Crippen LogP contribution >= 0.6 is 0 Å². The normalized spacial score (nSPS) is 21.9. The van der Waals surface area contributed by atoms with Crippen LogP contribution in [0.4, 0.5) is 0 Å². The van der Waals surface area contributed by atoms with Gasteiger partial charge in [0.1, 0.15) is 0 Å². The number of rotatable bonds is 4. The lowest BCUT2D eigenvalue weighted by Gasteiger charge is -2.45. The first-order valence-corrected chi connectivity index (χ1v) is 9.62. The van der Waals surface area contributed by atoms with Gasteiger partial charge in [0.05, 0.1) is 11.5 Å². The zero-order valence-corrected chi connectivity index (χ0v) is 16.3. The van der Waals surface area contributed by atoms with Gasteiger partial charge in [-0.2, -0.15) is 0 Å². The molecule has 146 valence electrons. The van der Waals surface area contributed by atoms with Crippen molar-refractivity contribution in [2.45, 2.75) is 45.1 Å². The number of aliphatic carboxylic acids is 1. The van der Waals surface area contributed by atoms with E-state index in [2.05, 4.69) is 13.8 Å². The molecule has 0 bridgehead atoms. The van der Waals surface area contributed by atoms with Gasteiger partial charge in [0.2, 0.25) is 5.91 Å². The molecule has 0 unspecified atom stereocenters. The highest BCUT2D eigenvalue weighted by atomic mass is 16.4. The molecule has 0 aliphatic carbocycles. The van der Waals surface area contributed by atoms with Crippen molar-refractivity contribution in [3.8, 4) is 0 Å². The van der Waals surface area contributed by atoms with Crippen LogP contribution in [0.5, 0.6) is 0 Å². The van der Waals surface area contributed by atoms with Crippen LogP contribution in [0.1, 0.15) is 49.0 Å². The number of carbonyl (C=O) groups excluding carboxylic acids is 2. The molecule has 2 heterocycles. The fraction of sp³-hybridized carbons (Fsp3) is 0.571. The van der Waals surface area contributed by atoms with Crippen LogP contribution in [0, 0.1) is 11.8 Å². The topological polar surface area (TPSA) is 77.9 Å². The summed E-state index contributed by atoms with van der Waals surface area (Å²) in [5, 5.41) is 9.55. The number of likely N-dealkylation sites (tertiary alicyclic amines) is 2. The molecule has 27 heavy (non-hydrogen) atoms. The summed E-state index contributed by atoms with van der Waals surface area (Å²) < 4.78 is 0. The standard InChI is InChI=1S/C21H28N2O4/c1-14(2)12-15-4-6-16(7-5-15)19(25)23-10-8-21(9-11-23)17(20(26)27)13-18(24)22(21)3/h4-7,14,17H,8-13H2,1-3H3,(H,26,27)/t17-/m0/s1. The molecule has 1 spiro atoms. The summed E-state index contributed by atoms with van der Waals surface area (Å²) in [5.41, 5.74) is 1.21. The van der Waals surface area contributed by atoms with Crippen molar-refractivity contribution in [3.63, 3.8) is 0 Å². The lowest BCUT2D eigenvalue weighted by molar-refractivity contribution is -0.145. The van der Waals surface area contributed by atoms with Gasteiger partial charge in [0.25, 0.3) is 5.91 Å². The maximum absolute atomic E-state index is 12.8. The number of benzene rings is 1. The Morgan fingerprint density at radius 3 is 2.30 bits per heavy atom. The van der Waals surface area contributed by atoms with Crippen molar-refractivity contribution >= 4 is 17.8 Å². The summed E-state index contributed by atoms with van der Waals surface area (Å²) in [6.07, 6.45) is 2.04. The summed E-state index contributed by atoms with van der Waals surface area (Å²) in [7, 11) is 1.69. The second-order valence-corrected chi connectivity index (χ2v) is 8.24. The van der Waals surface area contributed by atoms with Crippen LogP contribution < -0.4 is 0 Å². The molecular weight excluding hydrogens is 344 g/mol. The van der Waals surface area contributed by atoms with E-state index in [1.165, 1.54) is 5.56 Å². The van der Waals surface area contributed by atoms with E-state index in [1.807, 2.05) is 24.3 Å². The smallest absolute Gasteiger partial charge is 0.309 e. The fourth-order valence-corrected chi connectivity index (χ4v) is 4.52. The summed E-state index contributed by atoms with van der Waals surface area (Å²) in [6, 6.07) is 7.75. The molecule has 2 aliphatic rings. The van der Waals surface area contributed by atoms with E-state index in [4.69, 9.17) is 0 Å². The van der Waals surface area contributed by atoms with Gasteiger partial charge in [0, 0.05) is 32.1 Å². The monoisotopic (exact) mass is 372 g/mol. The molecule has 0 radical (unpaired) electrons. The Morgan fingerprint density at radius 1 is 1.19 bits per heavy atom. The average Bonchev–Trinajstić information content (AvgIpc) is 2.87. The van der Waals surface area contributed by atoms with Gasteiger partial charge in [-0.15, -0.1) is 0 Å². The molecule has 2 saturated heterocycles. The van der Waals surface area contributed by atoms with E-state index in [9.17, 15) is 19.5 Å². The van der Waals surface area contributed by atoms with Crippen LogP contribution in [0.15, 0.2) is 24.3 Å². The maximum Gasteiger partial charge on any atom is 0.309 e. The second kappa shape index (κ2) is 7.33. The molecule has 6 heteroatoms. The minimum atomic E-state index is -0.923. The molecule has 3 rings (SSSR count). The fourth-order valence-electron chi connectivity index (χ4n) is 4.52. The molecule has 1 aromatic carbocycles. The van der Waals surface area contributed by atoms with Crippen molar-refractivity contribution in [1.29, 1.82) is 0 Å². The lowest BCUT2D eigenvalue weighted by Crippen LogP contribution is -2.56. The predicted molar refractivity (Wildman–Crippen MR) is 101 cm³/mol. The highest BCUT2D eigenvalue weighted by Crippen LogP contribution is 2.43. The van der Waals surface area contributed by atoms with Gasteiger partial charge in [-0.05, 0) is 42.9 Å². The first kappa shape index (κ1) is 19.4. The van der Waals surface area contributed by atoms with E-state index in [-0.39, 0.29) is 18.2 Å². The number of amides is 2. The highest BCUT2D eigenvalue weighted by Gasteiger charge is 2.55. The van der Waals surface area contributed by atoms with E-state index in [0.717, 1.165) is 6.42 Å².